The normalized spacial score (nSPS) is 30.1. The van der Waals surface area contributed by atoms with Gasteiger partial charge < -0.3 is 9.84 Å². The fourth-order valence-electron chi connectivity index (χ4n) is 2.09. The molecule has 2 N–H and O–H groups in total. The maximum atomic E-state index is 11.8. The Labute approximate surface area is 103 Å². The molecule has 1 fully saturated rings. The minimum atomic E-state index is -0.187. The molecule has 0 aromatic carbocycles. The smallest absolute Gasteiger partial charge is 0.368 e. The predicted octanol–water partition coefficient (Wildman–Crippen LogP) is 0.846. The second-order valence-corrected chi connectivity index (χ2v) is 4.97. The lowest BCUT2D eigenvalue weighted by Gasteiger charge is -2.34. The van der Waals surface area contributed by atoms with Crippen molar-refractivity contribution in [2.75, 3.05) is 26.4 Å². The fraction of sp³-hybridized carbons (Fsp3) is 0.750. The third-order valence-electron chi connectivity index (χ3n) is 3.25. The van der Waals surface area contributed by atoms with Crippen LogP contribution in [-0.4, -0.2) is 54.2 Å². The average molecular weight is 243 g/mol. The van der Waals surface area contributed by atoms with Crippen molar-refractivity contribution in [2.24, 2.45) is 0 Å². The number of urea groups is 1. The van der Waals surface area contributed by atoms with Crippen molar-refractivity contribution in [3.63, 3.8) is 0 Å². The summed E-state index contributed by atoms with van der Waals surface area (Å²) >= 11 is 0. The van der Waals surface area contributed by atoms with Crippen LogP contribution in [0.2, 0.25) is 0 Å². The maximum Gasteiger partial charge on any atom is 0.419 e. The number of carbonyl (C=O) groups is 1. The lowest BCUT2D eigenvalue weighted by Crippen LogP contribution is -2.58. The van der Waals surface area contributed by atoms with E-state index < -0.39 is 0 Å². The molecule has 17 heavy (non-hydrogen) atoms. The molecule has 0 aromatic heterocycles. The highest BCUT2D eigenvalue weighted by Gasteiger charge is 2.48. The number of hydrogen-bond donors (Lipinski definition) is 2. The molecule has 0 saturated carbocycles. The predicted molar refractivity (Wildman–Crippen MR) is 65.3 cm³/mol. The summed E-state index contributed by atoms with van der Waals surface area (Å²) in [6, 6.07) is -0.0471. The molecule has 0 aromatic rings. The van der Waals surface area contributed by atoms with Gasteiger partial charge in [-0.25, -0.2) is 9.28 Å². The van der Waals surface area contributed by atoms with Gasteiger partial charge in [0.05, 0.1) is 13.2 Å². The molecule has 98 valence electrons. The molecule has 3 unspecified atom stereocenters. The molecule has 5 nitrogen and oxygen atoms in total. The third-order valence-corrected chi connectivity index (χ3v) is 3.25. The van der Waals surface area contributed by atoms with Gasteiger partial charge in [-0.3, -0.25) is 5.32 Å². The van der Waals surface area contributed by atoms with Crippen molar-refractivity contribution in [3.05, 3.63) is 12.2 Å². The molecule has 5 heteroatoms. The van der Waals surface area contributed by atoms with Gasteiger partial charge in [0.15, 0.2) is 6.73 Å². The summed E-state index contributed by atoms with van der Waals surface area (Å²) in [5.41, 5.74) is 0.950. The highest BCUT2D eigenvalue weighted by atomic mass is 16.5. The summed E-state index contributed by atoms with van der Waals surface area (Å²) in [7, 11) is 0. The number of hydrogen-bond acceptors (Lipinski definition) is 3. The van der Waals surface area contributed by atoms with E-state index in [2.05, 4.69) is 11.9 Å². The lowest BCUT2D eigenvalue weighted by molar-refractivity contribution is -0.885. The molecule has 0 aliphatic carbocycles. The van der Waals surface area contributed by atoms with Gasteiger partial charge in [0.1, 0.15) is 18.7 Å². The van der Waals surface area contributed by atoms with E-state index >= 15 is 0 Å². The van der Waals surface area contributed by atoms with E-state index in [0.29, 0.717) is 19.7 Å². The van der Waals surface area contributed by atoms with Crippen LogP contribution in [-0.2, 0) is 4.74 Å². The Morgan fingerprint density at radius 2 is 2.41 bits per heavy atom. The molecule has 1 aliphatic rings. The zero-order chi connectivity index (χ0) is 13.1. The number of aliphatic hydroxyl groups is 1. The minimum Gasteiger partial charge on any atom is -0.368 e. The largest absolute Gasteiger partial charge is 0.419 e. The Morgan fingerprint density at radius 3 is 2.82 bits per heavy atom. The molecule has 0 radical (unpaired) electrons. The first-order valence-corrected chi connectivity index (χ1v) is 5.94. The summed E-state index contributed by atoms with van der Waals surface area (Å²) in [6.45, 7) is 10.9. The van der Waals surface area contributed by atoms with Crippen molar-refractivity contribution in [1.82, 2.24) is 5.32 Å². The Hall–Kier alpha value is -0.910. The Bertz CT molecular complexity index is 306. The Balaban J connectivity index is 2.62. The van der Waals surface area contributed by atoms with Crippen LogP contribution in [0.25, 0.3) is 0 Å². The van der Waals surface area contributed by atoms with Gasteiger partial charge in [-0.15, -0.1) is 0 Å². The summed E-state index contributed by atoms with van der Waals surface area (Å²) in [6.07, 6.45) is -0.0925. The Morgan fingerprint density at radius 1 is 1.76 bits per heavy atom. The van der Waals surface area contributed by atoms with E-state index in [1.165, 1.54) is 0 Å². The summed E-state index contributed by atoms with van der Waals surface area (Å²) in [5, 5.41) is 12.3. The minimum absolute atomic E-state index is 0.0390. The molecule has 1 saturated heterocycles. The topological polar surface area (TPSA) is 58.6 Å². The van der Waals surface area contributed by atoms with Crippen LogP contribution in [0.4, 0.5) is 4.79 Å². The lowest BCUT2D eigenvalue weighted by atomic mass is 10.2. The third kappa shape index (κ3) is 3.06. The fourth-order valence-corrected chi connectivity index (χ4v) is 2.09. The van der Waals surface area contributed by atoms with Crippen molar-refractivity contribution in [2.45, 2.75) is 32.9 Å². The number of aliphatic hydroxyl groups excluding tert-OH is 1. The second-order valence-electron chi connectivity index (χ2n) is 4.97. The number of ether oxygens (including phenoxy) is 1. The molecular weight excluding hydrogens is 220 g/mol. The molecule has 0 spiro atoms. The van der Waals surface area contributed by atoms with E-state index in [4.69, 9.17) is 4.74 Å². The van der Waals surface area contributed by atoms with Crippen LogP contribution in [0.5, 0.6) is 0 Å². The van der Waals surface area contributed by atoms with E-state index in [1.54, 1.807) is 0 Å². The van der Waals surface area contributed by atoms with E-state index in [0.717, 1.165) is 5.57 Å². The van der Waals surface area contributed by atoms with Crippen LogP contribution in [0, 0.1) is 0 Å². The number of nitrogens with one attached hydrogen (secondary N) is 1. The van der Waals surface area contributed by atoms with Crippen LogP contribution in [0.15, 0.2) is 12.2 Å². The van der Waals surface area contributed by atoms with Gasteiger partial charge in [0, 0.05) is 0 Å². The summed E-state index contributed by atoms with van der Waals surface area (Å²) < 4.78 is 5.62. The molecule has 1 rings (SSSR count). The number of nitrogens with zero attached hydrogens (tertiary/aromatic N) is 1. The number of carbonyl (C=O) groups excluding carboxylic acids is 1. The van der Waals surface area contributed by atoms with Crippen molar-refractivity contribution >= 4 is 6.03 Å². The van der Waals surface area contributed by atoms with Crippen LogP contribution in [0.1, 0.15) is 20.8 Å². The number of rotatable bonds is 6. The molecule has 0 bridgehead atoms. The zero-order valence-electron chi connectivity index (χ0n) is 10.9. The van der Waals surface area contributed by atoms with Crippen LogP contribution >= 0.6 is 0 Å². The highest BCUT2D eigenvalue weighted by molar-refractivity contribution is 5.68. The van der Waals surface area contributed by atoms with Crippen molar-refractivity contribution in [1.29, 1.82) is 0 Å². The van der Waals surface area contributed by atoms with Gasteiger partial charge in [0.25, 0.3) is 0 Å². The Kier molecular flexibility index (Phi) is 4.68. The zero-order valence-corrected chi connectivity index (χ0v) is 10.9. The van der Waals surface area contributed by atoms with Crippen LogP contribution < -0.4 is 5.32 Å². The molecule has 1 aliphatic heterocycles. The van der Waals surface area contributed by atoms with Crippen molar-refractivity contribution in [3.8, 4) is 0 Å². The van der Waals surface area contributed by atoms with Crippen molar-refractivity contribution < 1.29 is 19.1 Å². The molecular formula is C12H23N2O3+. The van der Waals surface area contributed by atoms with Gasteiger partial charge >= 0.3 is 6.03 Å². The van der Waals surface area contributed by atoms with Gasteiger partial charge in [-0.2, -0.15) is 0 Å². The van der Waals surface area contributed by atoms with E-state index in [9.17, 15) is 9.90 Å². The molecule has 3 atom stereocenters. The number of quaternary nitrogens is 1. The number of amides is 2. The first-order valence-electron chi connectivity index (χ1n) is 5.94. The average Bonchev–Trinajstić information content (AvgIpc) is 2.55. The standard InChI is InChI=1S/C12H22N2O3/c1-9(2)7-17-11(4)6-14(8-15)10(3)5-13-12(14)16/h10-11,15H,1,5-8H2,2-4H3/p+1. The van der Waals surface area contributed by atoms with E-state index in [1.807, 2.05) is 20.8 Å². The second kappa shape index (κ2) is 5.62. The molecule has 2 amide bonds. The molecule has 1 heterocycles. The summed E-state index contributed by atoms with van der Waals surface area (Å²) in [5.74, 6) is 0. The highest BCUT2D eigenvalue weighted by Crippen LogP contribution is 2.20. The maximum absolute atomic E-state index is 11.8. The van der Waals surface area contributed by atoms with Gasteiger partial charge in [0.2, 0.25) is 0 Å². The summed E-state index contributed by atoms with van der Waals surface area (Å²) in [4.78, 5) is 11.8. The first-order chi connectivity index (χ1) is 7.92. The van der Waals surface area contributed by atoms with E-state index in [-0.39, 0.29) is 29.4 Å². The van der Waals surface area contributed by atoms with Gasteiger partial charge in [-0.05, 0) is 20.8 Å². The SMILES string of the molecule is C=C(C)COC(C)C[N+]1(CO)C(=O)NCC1C. The monoisotopic (exact) mass is 243 g/mol. The quantitative estimate of drug-likeness (QED) is 0.537. The van der Waals surface area contributed by atoms with Gasteiger partial charge in [-0.1, -0.05) is 12.2 Å². The van der Waals surface area contributed by atoms with Crippen LogP contribution in [0.3, 0.4) is 0 Å². The first kappa shape index (κ1) is 14.2.